The second kappa shape index (κ2) is 6.30. The molecule has 1 unspecified atom stereocenters. The van der Waals surface area contributed by atoms with Crippen molar-refractivity contribution in [2.75, 3.05) is 0 Å². The average Bonchev–Trinajstić information content (AvgIpc) is 2.56. The highest BCUT2D eigenvalue weighted by molar-refractivity contribution is 7.85. The molecule has 3 aromatic rings. The van der Waals surface area contributed by atoms with Crippen molar-refractivity contribution in [2.24, 2.45) is 0 Å². The highest BCUT2D eigenvalue weighted by atomic mass is 35.5. The Morgan fingerprint density at radius 3 is 1.82 bits per heavy atom. The van der Waals surface area contributed by atoms with Gasteiger partial charge in [-0.3, -0.25) is 0 Å². The first-order valence-electron chi connectivity index (χ1n) is 6.79. The van der Waals surface area contributed by atoms with E-state index >= 15 is 0 Å². The number of hydrogen-bond acceptors (Lipinski definition) is 1. The van der Waals surface area contributed by atoms with Crippen molar-refractivity contribution in [1.82, 2.24) is 0 Å². The third-order valence-corrected chi connectivity index (χ3v) is 7.33. The fraction of sp³-hybridized carbons (Fsp3) is 0. The van der Waals surface area contributed by atoms with E-state index in [2.05, 4.69) is 0 Å². The van der Waals surface area contributed by atoms with Crippen molar-refractivity contribution in [2.45, 2.75) is 0 Å². The Kier molecular flexibility index (Phi) is 4.40. The minimum absolute atomic E-state index is 0.504. The minimum Gasteiger partial charge on any atom is -0.309 e. The van der Waals surface area contributed by atoms with Crippen LogP contribution in [0, 0.1) is 0 Å². The van der Waals surface area contributed by atoms with Gasteiger partial charge < -0.3 is 4.57 Å². The van der Waals surface area contributed by atoms with Gasteiger partial charge in [-0.05, 0) is 36.4 Å². The van der Waals surface area contributed by atoms with Gasteiger partial charge in [0.15, 0.2) is 7.14 Å². The molecular weight excluding hydrogens is 334 g/mol. The van der Waals surface area contributed by atoms with Gasteiger partial charge in [0.05, 0.1) is 5.02 Å². The van der Waals surface area contributed by atoms with E-state index in [0.29, 0.717) is 15.3 Å². The normalized spacial score (nSPS) is 13.5. The lowest BCUT2D eigenvalue weighted by Gasteiger charge is -2.21. The van der Waals surface area contributed by atoms with E-state index in [9.17, 15) is 4.57 Å². The summed E-state index contributed by atoms with van der Waals surface area (Å²) in [5.74, 6) is 0. The molecule has 0 aliphatic carbocycles. The Morgan fingerprint density at radius 1 is 0.636 bits per heavy atom. The van der Waals surface area contributed by atoms with E-state index < -0.39 is 7.14 Å². The van der Waals surface area contributed by atoms with Crippen LogP contribution in [0.5, 0.6) is 0 Å². The first kappa shape index (κ1) is 15.4. The second-order valence-corrected chi connectivity index (χ2v) is 8.45. The average molecular weight is 347 g/mol. The van der Waals surface area contributed by atoms with Crippen LogP contribution in [-0.2, 0) is 4.57 Å². The number of hydrogen-bond donors (Lipinski definition) is 0. The molecule has 0 fully saturated rings. The summed E-state index contributed by atoms with van der Waals surface area (Å²) in [6.07, 6.45) is 0. The molecule has 0 aliphatic heterocycles. The summed E-state index contributed by atoms with van der Waals surface area (Å²) < 4.78 is 14.0. The molecule has 3 aromatic carbocycles. The Hall–Kier alpha value is -1.53. The molecule has 0 saturated heterocycles. The van der Waals surface area contributed by atoms with Crippen molar-refractivity contribution in [3.8, 4) is 0 Å². The van der Waals surface area contributed by atoms with E-state index in [4.69, 9.17) is 23.2 Å². The maximum atomic E-state index is 14.0. The van der Waals surface area contributed by atoms with Crippen LogP contribution in [-0.4, -0.2) is 0 Å². The van der Waals surface area contributed by atoms with Crippen molar-refractivity contribution >= 4 is 46.3 Å². The first-order chi connectivity index (χ1) is 10.6. The molecule has 0 aliphatic rings. The van der Waals surface area contributed by atoms with Gasteiger partial charge in [-0.15, -0.1) is 0 Å². The minimum atomic E-state index is -3.02. The largest absolute Gasteiger partial charge is 0.309 e. The van der Waals surface area contributed by atoms with Crippen LogP contribution in [0.4, 0.5) is 0 Å². The van der Waals surface area contributed by atoms with Crippen molar-refractivity contribution in [3.63, 3.8) is 0 Å². The zero-order chi connectivity index (χ0) is 15.6. The molecule has 0 amide bonds. The van der Waals surface area contributed by atoms with Crippen LogP contribution >= 0.6 is 30.3 Å². The quantitative estimate of drug-likeness (QED) is 0.631. The standard InChI is InChI=1S/C18H13Cl2OP/c19-14-10-12-16(13-11-14)22(21,15-6-2-1-3-7-15)18-9-5-4-8-17(18)20/h1-13H. The highest BCUT2D eigenvalue weighted by Crippen LogP contribution is 2.44. The van der Waals surface area contributed by atoms with Gasteiger partial charge >= 0.3 is 0 Å². The predicted octanol–water partition coefficient (Wildman–Crippen LogP) is 4.63. The van der Waals surface area contributed by atoms with Crippen molar-refractivity contribution in [1.29, 1.82) is 0 Å². The maximum absolute atomic E-state index is 14.0. The van der Waals surface area contributed by atoms with Crippen molar-refractivity contribution < 1.29 is 4.57 Å². The van der Waals surface area contributed by atoms with Crippen LogP contribution in [0.2, 0.25) is 10.0 Å². The zero-order valence-electron chi connectivity index (χ0n) is 11.6. The smallest absolute Gasteiger partial charge is 0.172 e. The van der Waals surface area contributed by atoms with Gasteiger partial charge in [0, 0.05) is 20.9 Å². The zero-order valence-corrected chi connectivity index (χ0v) is 14.0. The lowest BCUT2D eigenvalue weighted by molar-refractivity contribution is 0.592. The molecule has 0 bridgehead atoms. The summed E-state index contributed by atoms with van der Waals surface area (Å²) in [4.78, 5) is 0. The monoisotopic (exact) mass is 346 g/mol. The number of rotatable bonds is 3. The Bertz CT molecular complexity index is 829. The molecule has 1 nitrogen and oxygen atoms in total. The Morgan fingerprint density at radius 2 is 1.18 bits per heavy atom. The van der Waals surface area contributed by atoms with Crippen LogP contribution in [0.15, 0.2) is 78.9 Å². The maximum Gasteiger partial charge on any atom is 0.172 e. The van der Waals surface area contributed by atoms with Gasteiger partial charge in [-0.1, -0.05) is 65.7 Å². The molecule has 22 heavy (non-hydrogen) atoms. The van der Waals surface area contributed by atoms with E-state index in [1.807, 2.05) is 48.5 Å². The van der Waals surface area contributed by atoms with Gasteiger partial charge in [-0.25, -0.2) is 0 Å². The molecule has 0 radical (unpaired) electrons. The summed E-state index contributed by atoms with van der Waals surface area (Å²) in [6, 6.07) is 23.8. The van der Waals surface area contributed by atoms with E-state index in [0.717, 1.165) is 10.6 Å². The number of benzene rings is 3. The molecule has 0 N–H and O–H groups in total. The third-order valence-electron chi connectivity index (χ3n) is 3.50. The lowest BCUT2D eigenvalue weighted by atomic mass is 10.3. The predicted molar refractivity (Wildman–Crippen MR) is 95.9 cm³/mol. The van der Waals surface area contributed by atoms with Crippen LogP contribution in [0.25, 0.3) is 0 Å². The molecule has 0 saturated carbocycles. The molecule has 0 spiro atoms. The fourth-order valence-electron chi connectivity index (χ4n) is 2.42. The summed E-state index contributed by atoms with van der Waals surface area (Å²) >= 11 is 12.3. The second-order valence-electron chi connectivity index (χ2n) is 4.87. The van der Waals surface area contributed by atoms with E-state index in [-0.39, 0.29) is 0 Å². The molecule has 0 heterocycles. The van der Waals surface area contributed by atoms with Crippen LogP contribution < -0.4 is 15.9 Å². The molecule has 110 valence electrons. The third kappa shape index (κ3) is 2.73. The molecule has 3 rings (SSSR count). The van der Waals surface area contributed by atoms with Gasteiger partial charge in [0.1, 0.15) is 0 Å². The molecule has 1 atom stereocenters. The highest BCUT2D eigenvalue weighted by Gasteiger charge is 2.31. The molecule has 0 aromatic heterocycles. The van der Waals surface area contributed by atoms with Gasteiger partial charge in [-0.2, -0.15) is 0 Å². The summed E-state index contributed by atoms with van der Waals surface area (Å²) in [7, 11) is -3.02. The van der Waals surface area contributed by atoms with E-state index in [1.54, 1.807) is 30.3 Å². The van der Waals surface area contributed by atoms with Gasteiger partial charge in [0.25, 0.3) is 0 Å². The first-order valence-corrected chi connectivity index (χ1v) is 9.25. The van der Waals surface area contributed by atoms with Crippen LogP contribution in [0.3, 0.4) is 0 Å². The fourth-order valence-corrected chi connectivity index (χ4v) is 5.73. The lowest BCUT2D eigenvalue weighted by Crippen LogP contribution is -2.25. The number of halogens is 2. The van der Waals surface area contributed by atoms with Crippen molar-refractivity contribution in [3.05, 3.63) is 88.9 Å². The molecule has 4 heteroatoms. The summed E-state index contributed by atoms with van der Waals surface area (Å²) in [6.45, 7) is 0. The SMILES string of the molecule is O=P(c1ccccc1)(c1ccc(Cl)cc1)c1ccccc1Cl. The summed E-state index contributed by atoms with van der Waals surface area (Å²) in [5, 5.41) is 3.24. The Balaban J connectivity index is 2.30. The molecular formula is C18H13Cl2OP. The van der Waals surface area contributed by atoms with E-state index in [1.165, 1.54) is 0 Å². The topological polar surface area (TPSA) is 17.1 Å². The van der Waals surface area contributed by atoms with Gasteiger partial charge in [0.2, 0.25) is 0 Å². The summed E-state index contributed by atoms with van der Waals surface area (Å²) in [5.41, 5.74) is 0. The van der Waals surface area contributed by atoms with Crippen LogP contribution in [0.1, 0.15) is 0 Å². The Labute approximate surface area is 139 Å².